The summed E-state index contributed by atoms with van der Waals surface area (Å²) in [5.41, 5.74) is 6.62. The summed E-state index contributed by atoms with van der Waals surface area (Å²) in [7, 11) is 0. The molecule has 5 nitrogen and oxygen atoms in total. The van der Waals surface area contributed by atoms with Gasteiger partial charge in [-0.1, -0.05) is 48.5 Å². The molecule has 0 unspecified atom stereocenters. The number of carbonyl (C=O) groups is 2. The van der Waals surface area contributed by atoms with Crippen LogP contribution in [0.2, 0.25) is 0 Å². The summed E-state index contributed by atoms with van der Waals surface area (Å²) in [5.74, 6) is -1.15. The maximum atomic E-state index is 14.0. The Labute approximate surface area is 153 Å². The monoisotopic (exact) mass is 370 g/mol. The van der Waals surface area contributed by atoms with Crippen molar-refractivity contribution in [2.24, 2.45) is 5.73 Å². The number of halogens is 1. The Kier molecular flexibility index (Phi) is 5.28. The summed E-state index contributed by atoms with van der Waals surface area (Å²) < 4.78 is 19.1. The van der Waals surface area contributed by atoms with Crippen molar-refractivity contribution in [3.05, 3.63) is 77.6 Å². The summed E-state index contributed by atoms with van der Waals surface area (Å²) in [4.78, 5) is 24.2. The summed E-state index contributed by atoms with van der Waals surface area (Å²) >= 11 is 1.05. The van der Waals surface area contributed by atoms with Gasteiger partial charge in [0, 0.05) is 10.4 Å². The van der Waals surface area contributed by atoms with Crippen LogP contribution in [0.4, 0.5) is 14.2 Å². The van der Waals surface area contributed by atoms with E-state index in [2.05, 4.69) is 5.32 Å². The van der Waals surface area contributed by atoms with Gasteiger partial charge in [-0.25, -0.2) is 9.18 Å². The number of anilines is 1. The molecule has 3 rings (SSSR count). The Bertz CT molecular complexity index is 941. The van der Waals surface area contributed by atoms with Gasteiger partial charge in [0.25, 0.3) is 5.91 Å². The zero-order chi connectivity index (χ0) is 18.5. The lowest BCUT2D eigenvalue weighted by molar-refractivity contribution is 0.100. The number of thiophene rings is 1. The molecule has 2 aromatic carbocycles. The van der Waals surface area contributed by atoms with Gasteiger partial charge in [0.1, 0.15) is 17.4 Å². The van der Waals surface area contributed by atoms with Crippen molar-refractivity contribution in [1.82, 2.24) is 0 Å². The summed E-state index contributed by atoms with van der Waals surface area (Å²) in [6, 6.07) is 16.8. The van der Waals surface area contributed by atoms with Crippen LogP contribution in [0.5, 0.6) is 0 Å². The SMILES string of the molecule is NC(=O)c1cc(-c2ccccc2F)sc1NC(=O)OCc1ccccc1. The van der Waals surface area contributed by atoms with Gasteiger partial charge >= 0.3 is 6.09 Å². The van der Waals surface area contributed by atoms with Crippen LogP contribution in [0.15, 0.2) is 60.7 Å². The third-order valence-electron chi connectivity index (χ3n) is 3.57. The quantitative estimate of drug-likeness (QED) is 0.698. The lowest BCUT2D eigenvalue weighted by atomic mass is 10.1. The number of benzene rings is 2. The topological polar surface area (TPSA) is 81.4 Å². The lowest BCUT2D eigenvalue weighted by Gasteiger charge is -2.06. The van der Waals surface area contributed by atoms with E-state index in [1.54, 1.807) is 18.2 Å². The van der Waals surface area contributed by atoms with Crippen molar-refractivity contribution in [3.63, 3.8) is 0 Å². The first-order valence-electron chi connectivity index (χ1n) is 7.71. The van der Waals surface area contributed by atoms with Crippen molar-refractivity contribution in [1.29, 1.82) is 0 Å². The number of nitrogens with two attached hydrogens (primary N) is 1. The molecule has 1 aromatic heterocycles. The van der Waals surface area contributed by atoms with Crippen LogP contribution < -0.4 is 11.1 Å². The Balaban J connectivity index is 1.77. The van der Waals surface area contributed by atoms with E-state index in [1.165, 1.54) is 12.1 Å². The maximum Gasteiger partial charge on any atom is 0.412 e. The molecule has 0 aliphatic carbocycles. The molecule has 7 heteroatoms. The standard InChI is InChI=1S/C19H15FN2O3S/c20-15-9-5-4-8-13(15)16-10-14(17(21)23)18(26-16)22-19(24)25-11-12-6-2-1-3-7-12/h1-10H,11H2,(H2,21,23)(H,22,24). The maximum absolute atomic E-state index is 14.0. The van der Waals surface area contributed by atoms with Crippen molar-refractivity contribution in [2.45, 2.75) is 6.61 Å². The first-order valence-corrected chi connectivity index (χ1v) is 8.52. The van der Waals surface area contributed by atoms with Gasteiger partial charge < -0.3 is 10.5 Å². The van der Waals surface area contributed by atoms with Crippen LogP contribution in [-0.2, 0) is 11.3 Å². The Morgan fingerprint density at radius 1 is 1.08 bits per heavy atom. The van der Waals surface area contributed by atoms with E-state index >= 15 is 0 Å². The molecule has 0 saturated heterocycles. The first kappa shape index (κ1) is 17.6. The Morgan fingerprint density at radius 3 is 2.46 bits per heavy atom. The van der Waals surface area contributed by atoms with Crippen LogP contribution in [0.1, 0.15) is 15.9 Å². The van der Waals surface area contributed by atoms with Gasteiger partial charge in [-0.05, 0) is 17.7 Å². The molecule has 1 heterocycles. The fourth-order valence-corrected chi connectivity index (χ4v) is 3.39. The van der Waals surface area contributed by atoms with Gasteiger partial charge in [-0.15, -0.1) is 11.3 Å². The molecule has 3 aromatic rings. The summed E-state index contributed by atoms with van der Waals surface area (Å²) in [6.45, 7) is 0.0874. The molecule has 0 atom stereocenters. The number of hydrogen-bond donors (Lipinski definition) is 2. The number of hydrogen-bond acceptors (Lipinski definition) is 4. The molecular weight excluding hydrogens is 355 g/mol. The van der Waals surface area contributed by atoms with E-state index < -0.39 is 17.8 Å². The van der Waals surface area contributed by atoms with Crippen molar-refractivity contribution < 1.29 is 18.7 Å². The van der Waals surface area contributed by atoms with Crippen LogP contribution in [0.25, 0.3) is 10.4 Å². The van der Waals surface area contributed by atoms with Crippen molar-refractivity contribution >= 4 is 28.3 Å². The Hall–Kier alpha value is -3.19. The molecule has 0 radical (unpaired) electrons. The number of nitrogens with one attached hydrogen (secondary N) is 1. The van der Waals surface area contributed by atoms with E-state index in [9.17, 15) is 14.0 Å². The van der Waals surface area contributed by atoms with E-state index in [-0.39, 0.29) is 17.2 Å². The predicted octanol–water partition coefficient (Wildman–Crippen LogP) is 4.40. The highest BCUT2D eigenvalue weighted by Gasteiger charge is 2.18. The number of ether oxygens (including phenoxy) is 1. The fourth-order valence-electron chi connectivity index (χ4n) is 2.31. The predicted molar refractivity (Wildman–Crippen MR) is 98.5 cm³/mol. The van der Waals surface area contributed by atoms with Crippen LogP contribution in [0.3, 0.4) is 0 Å². The minimum atomic E-state index is -0.724. The van der Waals surface area contributed by atoms with Crippen molar-refractivity contribution in [3.8, 4) is 10.4 Å². The van der Waals surface area contributed by atoms with E-state index in [1.807, 2.05) is 30.3 Å². The van der Waals surface area contributed by atoms with Gasteiger partial charge in [-0.3, -0.25) is 10.1 Å². The molecule has 3 N–H and O–H groups in total. The third-order valence-corrected chi connectivity index (χ3v) is 4.65. The van der Waals surface area contributed by atoms with Crippen molar-refractivity contribution in [2.75, 3.05) is 5.32 Å². The molecule has 0 fully saturated rings. The highest BCUT2D eigenvalue weighted by molar-refractivity contribution is 7.20. The average Bonchev–Trinajstić information content (AvgIpc) is 3.05. The number of carbonyl (C=O) groups excluding carboxylic acids is 2. The van der Waals surface area contributed by atoms with E-state index in [0.717, 1.165) is 16.9 Å². The second-order valence-corrected chi connectivity index (χ2v) is 6.44. The molecule has 2 amide bonds. The summed E-state index contributed by atoms with van der Waals surface area (Å²) in [6.07, 6.45) is -0.724. The smallest absolute Gasteiger partial charge is 0.412 e. The molecule has 0 spiro atoms. The highest BCUT2D eigenvalue weighted by atomic mass is 32.1. The largest absolute Gasteiger partial charge is 0.444 e. The minimum Gasteiger partial charge on any atom is -0.444 e. The van der Waals surface area contributed by atoms with E-state index in [0.29, 0.717) is 10.4 Å². The number of rotatable bonds is 5. The molecule has 26 heavy (non-hydrogen) atoms. The third kappa shape index (κ3) is 4.07. The van der Waals surface area contributed by atoms with Gasteiger partial charge in [0.2, 0.25) is 0 Å². The van der Waals surface area contributed by atoms with Crippen LogP contribution >= 0.6 is 11.3 Å². The average molecular weight is 370 g/mol. The summed E-state index contributed by atoms with van der Waals surface area (Å²) in [5, 5.41) is 2.72. The normalized spacial score (nSPS) is 10.3. The van der Waals surface area contributed by atoms with Crippen LogP contribution in [0, 0.1) is 5.82 Å². The fraction of sp³-hybridized carbons (Fsp3) is 0.0526. The van der Waals surface area contributed by atoms with E-state index in [4.69, 9.17) is 10.5 Å². The highest BCUT2D eigenvalue weighted by Crippen LogP contribution is 2.36. The molecular formula is C19H15FN2O3S. The Morgan fingerprint density at radius 2 is 1.77 bits per heavy atom. The minimum absolute atomic E-state index is 0.0874. The van der Waals surface area contributed by atoms with Gasteiger partial charge in [0.15, 0.2) is 0 Å². The van der Waals surface area contributed by atoms with Gasteiger partial charge in [0.05, 0.1) is 5.56 Å². The number of primary amides is 1. The molecule has 0 aliphatic rings. The second kappa shape index (κ2) is 7.79. The first-order chi connectivity index (χ1) is 12.5. The second-order valence-electron chi connectivity index (χ2n) is 5.38. The molecule has 0 bridgehead atoms. The zero-order valence-electron chi connectivity index (χ0n) is 13.6. The van der Waals surface area contributed by atoms with Gasteiger partial charge in [-0.2, -0.15) is 0 Å². The zero-order valence-corrected chi connectivity index (χ0v) is 14.4. The van der Waals surface area contributed by atoms with Crippen LogP contribution in [-0.4, -0.2) is 12.0 Å². The lowest BCUT2D eigenvalue weighted by Crippen LogP contribution is -2.17. The molecule has 132 valence electrons. The number of amides is 2. The molecule has 0 aliphatic heterocycles. The molecule has 0 saturated carbocycles.